The molecule has 2 aromatic rings. The van der Waals surface area contributed by atoms with Crippen molar-refractivity contribution in [2.24, 2.45) is 0 Å². The maximum absolute atomic E-state index is 12.9. The van der Waals surface area contributed by atoms with Crippen LogP contribution in [0.1, 0.15) is 24.0 Å². The number of benzene rings is 2. The van der Waals surface area contributed by atoms with Crippen LogP contribution in [0, 0.1) is 10.1 Å². The number of nitro groups is 1. The topological polar surface area (TPSA) is 81.9 Å². The van der Waals surface area contributed by atoms with E-state index in [1.807, 2.05) is 18.2 Å². The molecule has 0 N–H and O–H groups in total. The molecule has 1 aliphatic heterocycles. The van der Waals surface area contributed by atoms with Crippen LogP contribution in [0.3, 0.4) is 0 Å². The minimum atomic E-state index is -0.432. The first kappa shape index (κ1) is 18.7. The van der Waals surface area contributed by atoms with E-state index in [9.17, 15) is 14.9 Å². The Morgan fingerprint density at radius 2 is 2.04 bits per heavy atom. The van der Waals surface area contributed by atoms with E-state index in [2.05, 4.69) is 0 Å². The van der Waals surface area contributed by atoms with Crippen LogP contribution in [0.15, 0.2) is 36.4 Å². The number of hydrogen-bond acceptors (Lipinski definition) is 5. The normalized spacial score (nSPS) is 13.0. The molecule has 1 amide bonds. The van der Waals surface area contributed by atoms with Crippen LogP contribution >= 0.6 is 0 Å². The Morgan fingerprint density at radius 1 is 1.22 bits per heavy atom. The molecule has 2 aromatic carbocycles. The third kappa shape index (κ3) is 3.86. The van der Waals surface area contributed by atoms with Gasteiger partial charge in [0.05, 0.1) is 24.8 Å². The molecular formula is C20H22N2O5. The lowest BCUT2D eigenvalue weighted by molar-refractivity contribution is -0.384. The maximum atomic E-state index is 12.9. The monoisotopic (exact) mass is 370 g/mol. The molecule has 3 rings (SSSR count). The number of aryl methyl sites for hydroxylation is 2. The van der Waals surface area contributed by atoms with E-state index in [0.29, 0.717) is 30.2 Å². The fraction of sp³-hybridized carbons (Fsp3) is 0.350. The van der Waals surface area contributed by atoms with E-state index in [1.165, 1.54) is 12.1 Å². The highest BCUT2D eigenvalue weighted by molar-refractivity contribution is 5.95. The SMILES string of the molecule is COc1cccc(CCC(=O)N2CCCc3ccc([N+](=O)[O-])cc32)c1OC. The van der Waals surface area contributed by atoms with Crippen LogP contribution in [-0.4, -0.2) is 31.6 Å². The number of carbonyl (C=O) groups excluding carboxylic acids is 1. The fourth-order valence-electron chi connectivity index (χ4n) is 3.46. The van der Waals surface area contributed by atoms with Gasteiger partial charge in [0.15, 0.2) is 11.5 Å². The molecule has 1 aliphatic rings. The van der Waals surface area contributed by atoms with E-state index in [4.69, 9.17) is 9.47 Å². The van der Waals surface area contributed by atoms with Crippen LogP contribution in [0.25, 0.3) is 0 Å². The van der Waals surface area contributed by atoms with E-state index in [0.717, 1.165) is 24.0 Å². The van der Waals surface area contributed by atoms with Gasteiger partial charge in [0, 0.05) is 25.1 Å². The molecule has 142 valence electrons. The Balaban J connectivity index is 1.79. The second-order valence-electron chi connectivity index (χ2n) is 6.37. The van der Waals surface area contributed by atoms with Crippen LogP contribution in [0.2, 0.25) is 0 Å². The molecule has 0 aliphatic carbocycles. The smallest absolute Gasteiger partial charge is 0.271 e. The molecule has 1 heterocycles. The summed E-state index contributed by atoms with van der Waals surface area (Å²) < 4.78 is 10.7. The average Bonchev–Trinajstić information content (AvgIpc) is 2.70. The molecule has 0 saturated carbocycles. The number of nitrogens with zero attached hydrogens (tertiary/aromatic N) is 2. The standard InChI is InChI=1S/C20H22N2O5/c1-26-18-7-3-5-15(20(18)27-2)9-11-19(23)21-12-4-6-14-8-10-16(22(24)25)13-17(14)21/h3,5,7-8,10,13H,4,6,9,11-12H2,1-2H3. The summed E-state index contributed by atoms with van der Waals surface area (Å²) in [6, 6.07) is 10.3. The van der Waals surface area contributed by atoms with Gasteiger partial charge in [-0.1, -0.05) is 18.2 Å². The summed E-state index contributed by atoms with van der Waals surface area (Å²) in [6.45, 7) is 0.572. The first-order chi connectivity index (χ1) is 13.0. The maximum Gasteiger partial charge on any atom is 0.271 e. The lowest BCUT2D eigenvalue weighted by Gasteiger charge is -2.29. The Hall–Kier alpha value is -3.09. The summed E-state index contributed by atoms with van der Waals surface area (Å²) in [5, 5.41) is 11.1. The van der Waals surface area contributed by atoms with Crippen molar-refractivity contribution in [1.29, 1.82) is 0 Å². The summed E-state index contributed by atoms with van der Waals surface area (Å²) in [4.78, 5) is 25.2. The number of amides is 1. The molecule has 0 atom stereocenters. The van der Waals surface area contributed by atoms with Gasteiger partial charge in [0.2, 0.25) is 5.91 Å². The molecule has 7 nitrogen and oxygen atoms in total. The van der Waals surface area contributed by atoms with Gasteiger partial charge in [0.25, 0.3) is 5.69 Å². The predicted molar refractivity (Wildman–Crippen MR) is 102 cm³/mol. The number of para-hydroxylation sites is 1. The van der Waals surface area contributed by atoms with Crippen molar-refractivity contribution in [2.75, 3.05) is 25.7 Å². The summed E-state index contributed by atoms with van der Waals surface area (Å²) in [5.41, 5.74) is 2.52. The highest BCUT2D eigenvalue weighted by Gasteiger charge is 2.25. The second kappa shape index (κ2) is 8.07. The molecule has 0 aromatic heterocycles. The van der Waals surface area contributed by atoms with Crippen LogP contribution in [-0.2, 0) is 17.6 Å². The van der Waals surface area contributed by atoms with Crippen LogP contribution < -0.4 is 14.4 Å². The Morgan fingerprint density at radius 3 is 2.74 bits per heavy atom. The highest BCUT2D eigenvalue weighted by atomic mass is 16.6. The predicted octanol–water partition coefficient (Wildman–Crippen LogP) is 3.52. The third-order valence-corrected chi connectivity index (χ3v) is 4.79. The van der Waals surface area contributed by atoms with E-state index < -0.39 is 4.92 Å². The fourth-order valence-corrected chi connectivity index (χ4v) is 3.46. The van der Waals surface area contributed by atoms with Gasteiger partial charge in [0.1, 0.15) is 0 Å². The molecule has 0 unspecified atom stereocenters. The Bertz CT molecular complexity index is 865. The van der Waals surface area contributed by atoms with Gasteiger partial charge in [-0.05, 0) is 36.5 Å². The van der Waals surface area contributed by atoms with Gasteiger partial charge in [-0.3, -0.25) is 14.9 Å². The molecule has 0 bridgehead atoms. The molecule has 0 saturated heterocycles. The average molecular weight is 370 g/mol. The van der Waals surface area contributed by atoms with Gasteiger partial charge in [-0.2, -0.15) is 0 Å². The number of hydrogen-bond donors (Lipinski definition) is 0. The zero-order chi connectivity index (χ0) is 19.4. The summed E-state index contributed by atoms with van der Waals surface area (Å²) in [5.74, 6) is 1.20. The number of nitro benzene ring substituents is 1. The first-order valence-corrected chi connectivity index (χ1v) is 8.82. The van der Waals surface area contributed by atoms with Crippen molar-refractivity contribution in [3.05, 3.63) is 57.6 Å². The number of anilines is 1. The van der Waals surface area contributed by atoms with Crippen LogP contribution in [0.5, 0.6) is 11.5 Å². The summed E-state index contributed by atoms with van der Waals surface area (Å²) in [7, 11) is 3.15. The number of fused-ring (bicyclic) bond motifs is 1. The Labute approximate surface area is 157 Å². The zero-order valence-corrected chi connectivity index (χ0v) is 15.4. The minimum absolute atomic E-state index is 0.00270. The molecule has 0 radical (unpaired) electrons. The minimum Gasteiger partial charge on any atom is -0.493 e. The molecule has 27 heavy (non-hydrogen) atoms. The Kier molecular flexibility index (Phi) is 5.59. The van der Waals surface area contributed by atoms with Crippen molar-refractivity contribution < 1.29 is 19.2 Å². The first-order valence-electron chi connectivity index (χ1n) is 8.82. The number of ether oxygens (including phenoxy) is 2. The van der Waals surface area contributed by atoms with Crippen molar-refractivity contribution >= 4 is 17.3 Å². The molecule has 7 heteroatoms. The lowest BCUT2D eigenvalue weighted by Crippen LogP contribution is -2.35. The van der Waals surface area contributed by atoms with Crippen molar-refractivity contribution in [3.8, 4) is 11.5 Å². The summed E-state index contributed by atoms with van der Waals surface area (Å²) >= 11 is 0. The second-order valence-corrected chi connectivity index (χ2v) is 6.37. The van der Waals surface area contributed by atoms with Crippen molar-refractivity contribution in [1.82, 2.24) is 0 Å². The number of non-ortho nitro benzene ring substituents is 1. The van der Waals surface area contributed by atoms with E-state index in [-0.39, 0.29) is 18.0 Å². The van der Waals surface area contributed by atoms with E-state index >= 15 is 0 Å². The summed E-state index contributed by atoms with van der Waals surface area (Å²) in [6.07, 6.45) is 2.45. The largest absolute Gasteiger partial charge is 0.493 e. The lowest BCUT2D eigenvalue weighted by atomic mass is 10.00. The van der Waals surface area contributed by atoms with Crippen LogP contribution in [0.4, 0.5) is 11.4 Å². The van der Waals surface area contributed by atoms with Gasteiger partial charge < -0.3 is 14.4 Å². The van der Waals surface area contributed by atoms with Gasteiger partial charge >= 0.3 is 0 Å². The highest BCUT2D eigenvalue weighted by Crippen LogP contribution is 2.33. The van der Waals surface area contributed by atoms with Crippen molar-refractivity contribution in [3.63, 3.8) is 0 Å². The van der Waals surface area contributed by atoms with Gasteiger partial charge in [-0.15, -0.1) is 0 Å². The number of methoxy groups -OCH3 is 2. The van der Waals surface area contributed by atoms with Gasteiger partial charge in [-0.25, -0.2) is 0 Å². The number of rotatable bonds is 6. The van der Waals surface area contributed by atoms with E-state index in [1.54, 1.807) is 25.2 Å². The quantitative estimate of drug-likeness (QED) is 0.574. The molecule has 0 fully saturated rings. The third-order valence-electron chi connectivity index (χ3n) is 4.79. The molecular weight excluding hydrogens is 348 g/mol. The number of carbonyl (C=O) groups is 1. The van der Waals surface area contributed by atoms with Crippen molar-refractivity contribution in [2.45, 2.75) is 25.7 Å². The zero-order valence-electron chi connectivity index (χ0n) is 15.4. The molecule has 0 spiro atoms.